The molecule has 1 atom stereocenters. The number of hydrogen-bond donors (Lipinski definition) is 0. The molecule has 3 heterocycles. The number of nitrogens with zero attached hydrogens (tertiary/aromatic N) is 4. The molecule has 1 aliphatic rings. The number of thiophene rings is 1. The maximum atomic E-state index is 13.5. The molecule has 0 N–H and O–H groups in total. The van der Waals surface area contributed by atoms with Crippen molar-refractivity contribution in [1.82, 2.24) is 19.7 Å². The summed E-state index contributed by atoms with van der Waals surface area (Å²) in [6, 6.07) is 18.2. The van der Waals surface area contributed by atoms with E-state index in [1.54, 1.807) is 6.20 Å². The lowest BCUT2D eigenvalue weighted by molar-refractivity contribution is 0.0675. The molecule has 1 aliphatic carbocycles. The van der Waals surface area contributed by atoms with Gasteiger partial charge in [-0.2, -0.15) is 5.10 Å². The summed E-state index contributed by atoms with van der Waals surface area (Å²) in [7, 11) is 0. The molecule has 1 unspecified atom stereocenters. The van der Waals surface area contributed by atoms with Gasteiger partial charge in [-0.05, 0) is 57.0 Å². The van der Waals surface area contributed by atoms with Crippen LogP contribution in [-0.2, 0) is 0 Å². The molecule has 4 aromatic rings. The maximum Gasteiger partial charge on any atom is 0.264 e. The first-order valence-electron chi connectivity index (χ1n) is 9.91. The molecule has 0 saturated heterocycles. The average molecular weight is 403 g/mol. The van der Waals surface area contributed by atoms with Gasteiger partial charge in [-0.25, -0.2) is 4.68 Å². The van der Waals surface area contributed by atoms with Crippen LogP contribution in [0.3, 0.4) is 0 Å². The quantitative estimate of drug-likeness (QED) is 0.463. The van der Waals surface area contributed by atoms with Crippen LogP contribution in [-0.4, -0.2) is 31.6 Å². The van der Waals surface area contributed by atoms with Crippen LogP contribution >= 0.6 is 11.3 Å². The second-order valence-electron chi connectivity index (χ2n) is 7.54. The molecule has 146 valence electrons. The molecular formula is C23H22N4OS. The Labute approximate surface area is 173 Å². The van der Waals surface area contributed by atoms with Crippen molar-refractivity contribution in [2.75, 3.05) is 0 Å². The minimum absolute atomic E-state index is 0.0480. The number of para-hydroxylation sites is 1. The molecule has 1 aromatic carbocycles. The van der Waals surface area contributed by atoms with Crippen molar-refractivity contribution in [3.8, 4) is 5.69 Å². The Morgan fingerprint density at radius 3 is 2.62 bits per heavy atom. The summed E-state index contributed by atoms with van der Waals surface area (Å²) in [5.74, 6) is 0.0888. The minimum atomic E-state index is -0.0480. The van der Waals surface area contributed by atoms with E-state index in [0.29, 0.717) is 6.04 Å². The summed E-state index contributed by atoms with van der Waals surface area (Å²) in [5, 5.41) is 5.73. The van der Waals surface area contributed by atoms with Crippen molar-refractivity contribution in [3.05, 3.63) is 77.1 Å². The molecule has 1 saturated carbocycles. The first-order chi connectivity index (χ1) is 14.1. The van der Waals surface area contributed by atoms with Gasteiger partial charge < -0.3 is 4.90 Å². The molecule has 6 heteroatoms. The van der Waals surface area contributed by atoms with Crippen molar-refractivity contribution >= 4 is 27.5 Å². The molecule has 1 fully saturated rings. The number of amides is 1. The highest BCUT2D eigenvalue weighted by atomic mass is 32.1. The number of hydrogen-bond acceptors (Lipinski definition) is 4. The van der Waals surface area contributed by atoms with Crippen molar-refractivity contribution in [1.29, 1.82) is 0 Å². The predicted molar refractivity (Wildman–Crippen MR) is 116 cm³/mol. The van der Waals surface area contributed by atoms with Crippen LogP contribution in [0.2, 0.25) is 0 Å². The van der Waals surface area contributed by atoms with Crippen LogP contribution in [0.4, 0.5) is 0 Å². The van der Waals surface area contributed by atoms with Gasteiger partial charge in [-0.1, -0.05) is 24.3 Å². The third-order valence-electron chi connectivity index (χ3n) is 5.46. The zero-order valence-corrected chi connectivity index (χ0v) is 17.3. The van der Waals surface area contributed by atoms with Gasteiger partial charge >= 0.3 is 0 Å². The van der Waals surface area contributed by atoms with Crippen molar-refractivity contribution in [2.45, 2.75) is 38.8 Å². The smallest absolute Gasteiger partial charge is 0.264 e. The number of fused-ring (bicyclic) bond motifs is 1. The first kappa shape index (κ1) is 18.1. The van der Waals surface area contributed by atoms with E-state index in [9.17, 15) is 4.79 Å². The van der Waals surface area contributed by atoms with E-state index in [-0.39, 0.29) is 11.9 Å². The number of aromatic nitrogens is 3. The zero-order chi connectivity index (χ0) is 20.0. The topological polar surface area (TPSA) is 51.0 Å². The number of carbonyl (C=O) groups is 1. The van der Waals surface area contributed by atoms with E-state index in [2.05, 4.69) is 17.0 Å². The normalized spacial score (nSPS) is 14.8. The summed E-state index contributed by atoms with van der Waals surface area (Å²) < 4.78 is 1.94. The predicted octanol–water partition coefficient (Wildman–Crippen LogP) is 5.16. The second kappa shape index (κ2) is 7.12. The van der Waals surface area contributed by atoms with Crippen LogP contribution in [0.1, 0.15) is 46.9 Å². The van der Waals surface area contributed by atoms with E-state index in [1.807, 2.05) is 71.1 Å². The number of aryl methyl sites for hydroxylation is 1. The number of carbonyl (C=O) groups excluding carboxylic acids is 1. The summed E-state index contributed by atoms with van der Waals surface area (Å²) in [6.07, 6.45) is 3.91. The fourth-order valence-electron chi connectivity index (χ4n) is 3.80. The Morgan fingerprint density at radius 2 is 1.93 bits per heavy atom. The molecule has 5 nitrogen and oxygen atoms in total. The summed E-state index contributed by atoms with van der Waals surface area (Å²) in [4.78, 5) is 21.8. The minimum Gasteiger partial charge on any atom is -0.327 e. The number of rotatable bonds is 5. The van der Waals surface area contributed by atoms with E-state index in [4.69, 9.17) is 0 Å². The fraction of sp³-hybridized carbons (Fsp3) is 0.261. The third-order valence-corrected chi connectivity index (χ3v) is 6.56. The molecular weight excluding hydrogens is 380 g/mol. The van der Waals surface area contributed by atoms with E-state index >= 15 is 0 Å². The van der Waals surface area contributed by atoms with E-state index in [1.165, 1.54) is 11.3 Å². The van der Waals surface area contributed by atoms with E-state index < -0.39 is 0 Å². The highest BCUT2D eigenvalue weighted by Crippen LogP contribution is 2.38. The van der Waals surface area contributed by atoms with Crippen LogP contribution in [0.25, 0.3) is 15.9 Å². The molecule has 1 amide bonds. The van der Waals surface area contributed by atoms with Crippen molar-refractivity contribution < 1.29 is 4.79 Å². The van der Waals surface area contributed by atoms with Crippen LogP contribution in [0.5, 0.6) is 0 Å². The summed E-state index contributed by atoms with van der Waals surface area (Å²) in [6.45, 7) is 4.07. The van der Waals surface area contributed by atoms with Crippen LogP contribution in [0.15, 0.2) is 60.8 Å². The van der Waals surface area contributed by atoms with Gasteiger partial charge in [0.05, 0.1) is 28.0 Å². The Hall–Kier alpha value is -2.99. The highest BCUT2D eigenvalue weighted by molar-refractivity contribution is 7.20. The van der Waals surface area contributed by atoms with Crippen LogP contribution < -0.4 is 0 Å². The average Bonchev–Trinajstić information content (AvgIpc) is 3.40. The largest absolute Gasteiger partial charge is 0.327 e. The lowest BCUT2D eigenvalue weighted by atomic mass is 10.1. The molecule has 3 aromatic heterocycles. The second-order valence-corrected chi connectivity index (χ2v) is 8.57. The third kappa shape index (κ3) is 3.23. The molecule has 5 rings (SSSR count). The molecule has 0 spiro atoms. The standard InChI is InChI=1S/C23H22N4OS/c1-15-19-14-21(29-23(19)27(25-15)18-8-4-3-5-9-18)22(28)26(17-11-12-17)16(2)20-10-6-7-13-24-20/h3-10,13-14,16-17H,11-12H2,1-2H3. The monoisotopic (exact) mass is 402 g/mol. The van der Waals surface area contributed by atoms with Crippen LogP contribution in [0, 0.1) is 6.92 Å². The molecule has 0 radical (unpaired) electrons. The molecule has 0 bridgehead atoms. The van der Waals surface area contributed by atoms with Gasteiger partial charge in [0.25, 0.3) is 5.91 Å². The SMILES string of the molecule is Cc1nn(-c2ccccc2)c2sc(C(=O)N(C3CC3)C(C)c3ccccn3)cc12. The Bertz CT molecular complexity index is 1160. The Morgan fingerprint density at radius 1 is 1.17 bits per heavy atom. The summed E-state index contributed by atoms with van der Waals surface area (Å²) >= 11 is 1.52. The van der Waals surface area contributed by atoms with Gasteiger partial charge in [0.2, 0.25) is 0 Å². The Kier molecular flexibility index (Phi) is 4.43. The first-order valence-corrected chi connectivity index (χ1v) is 10.7. The summed E-state index contributed by atoms with van der Waals surface area (Å²) in [5.41, 5.74) is 2.88. The van der Waals surface area contributed by atoms with Gasteiger partial charge in [0.1, 0.15) is 4.83 Å². The zero-order valence-electron chi connectivity index (χ0n) is 16.4. The van der Waals surface area contributed by atoms with E-state index in [0.717, 1.165) is 45.0 Å². The molecule has 29 heavy (non-hydrogen) atoms. The van der Waals surface area contributed by atoms with Gasteiger partial charge in [0.15, 0.2) is 0 Å². The molecule has 0 aliphatic heterocycles. The van der Waals surface area contributed by atoms with Gasteiger partial charge in [-0.15, -0.1) is 11.3 Å². The van der Waals surface area contributed by atoms with Gasteiger partial charge in [-0.3, -0.25) is 9.78 Å². The number of benzene rings is 1. The Balaban J connectivity index is 1.53. The number of pyridine rings is 1. The van der Waals surface area contributed by atoms with Gasteiger partial charge in [0, 0.05) is 17.6 Å². The fourth-order valence-corrected chi connectivity index (χ4v) is 4.93. The lowest BCUT2D eigenvalue weighted by Gasteiger charge is -2.28. The maximum absolute atomic E-state index is 13.5. The highest BCUT2D eigenvalue weighted by Gasteiger charge is 2.38. The van der Waals surface area contributed by atoms with Crippen molar-refractivity contribution in [2.24, 2.45) is 0 Å². The lowest BCUT2D eigenvalue weighted by Crippen LogP contribution is -2.35. The van der Waals surface area contributed by atoms with Crippen molar-refractivity contribution in [3.63, 3.8) is 0 Å².